The van der Waals surface area contributed by atoms with Crippen molar-refractivity contribution in [2.24, 2.45) is 5.73 Å². The highest BCUT2D eigenvalue weighted by atomic mass is 35.5. The number of nitrogens with two attached hydrogens (primary N) is 1. The maximum absolute atomic E-state index is 13.1. The number of halogens is 5. The predicted molar refractivity (Wildman–Crippen MR) is 58.9 cm³/mol. The summed E-state index contributed by atoms with van der Waals surface area (Å²) in [5.74, 6) is -1.10. The molecule has 0 aliphatic heterocycles. The summed E-state index contributed by atoms with van der Waals surface area (Å²) in [5, 5.41) is 0.100. The summed E-state index contributed by atoms with van der Waals surface area (Å²) in [4.78, 5) is 0. The molecule has 18 heavy (non-hydrogen) atoms. The molecule has 0 saturated heterocycles. The minimum Gasteiger partial charge on any atom is -0.457 e. The van der Waals surface area contributed by atoms with E-state index < -0.39 is 23.8 Å². The second-order valence-corrected chi connectivity index (χ2v) is 4.28. The summed E-state index contributed by atoms with van der Waals surface area (Å²) in [6.45, 7) is 1.38. The first-order chi connectivity index (χ1) is 8.21. The van der Waals surface area contributed by atoms with E-state index in [2.05, 4.69) is 0 Å². The fourth-order valence-corrected chi connectivity index (χ4v) is 1.95. The lowest BCUT2D eigenvalue weighted by molar-refractivity contribution is -0.152. The Labute approximate surface area is 104 Å². The zero-order chi connectivity index (χ0) is 13.7. The van der Waals surface area contributed by atoms with Crippen LogP contribution in [0.3, 0.4) is 0 Å². The number of benzene rings is 1. The van der Waals surface area contributed by atoms with Crippen molar-refractivity contribution in [3.63, 3.8) is 0 Å². The van der Waals surface area contributed by atoms with Crippen molar-refractivity contribution in [2.45, 2.75) is 19.1 Å². The molecule has 0 aliphatic carbocycles. The summed E-state index contributed by atoms with van der Waals surface area (Å²) in [6.07, 6.45) is -4.64. The highest BCUT2D eigenvalue weighted by Gasteiger charge is 2.41. The molecule has 2 rings (SSSR count). The van der Waals surface area contributed by atoms with E-state index in [1.807, 2.05) is 0 Å². The molecule has 1 aromatic heterocycles. The molecule has 1 unspecified atom stereocenters. The molecule has 7 heteroatoms. The second-order valence-electron chi connectivity index (χ2n) is 3.87. The third-order valence-corrected chi connectivity index (χ3v) is 2.91. The third-order valence-electron chi connectivity index (χ3n) is 2.63. The van der Waals surface area contributed by atoms with Crippen LogP contribution in [0.5, 0.6) is 0 Å². The maximum Gasteiger partial charge on any atom is 0.410 e. The standard InChI is InChI=1S/C11H8ClF4NO/c1-4-6-2-5(13)3-7(12)9(6)18-8(4)10(17)11(14,15)16/h2-3,10H,17H2,1H3. The van der Waals surface area contributed by atoms with Crippen LogP contribution in [0.1, 0.15) is 17.4 Å². The van der Waals surface area contributed by atoms with Crippen LogP contribution in [-0.2, 0) is 0 Å². The van der Waals surface area contributed by atoms with Gasteiger partial charge in [0.1, 0.15) is 11.6 Å². The van der Waals surface area contributed by atoms with Gasteiger partial charge in [-0.15, -0.1) is 0 Å². The highest BCUT2D eigenvalue weighted by molar-refractivity contribution is 6.34. The number of furan rings is 1. The minimum absolute atomic E-state index is 0.00488. The lowest BCUT2D eigenvalue weighted by Gasteiger charge is -2.13. The van der Waals surface area contributed by atoms with Crippen molar-refractivity contribution < 1.29 is 22.0 Å². The van der Waals surface area contributed by atoms with Crippen molar-refractivity contribution >= 4 is 22.6 Å². The highest BCUT2D eigenvalue weighted by Crippen LogP contribution is 2.38. The van der Waals surface area contributed by atoms with E-state index in [4.69, 9.17) is 21.8 Å². The Morgan fingerprint density at radius 1 is 1.33 bits per heavy atom. The van der Waals surface area contributed by atoms with E-state index in [-0.39, 0.29) is 21.6 Å². The summed E-state index contributed by atoms with van der Waals surface area (Å²) in [7, 11) is 0. The lowest BCUT2D eigenvalue weighted by atomic mass is 10.1. The number of rotatable bonds is 1. The number of alkyl halides is 3. The van der Waals surface area contributed by atoms with E-state index in [1.54, 1.807) is 0 Å². The molecular formula is C11H8ClF4NO. The molecule has 1 atom stereocenters. The number of fused-ring (bicyclic) bond motifs is 1. The first-order valence-electron chi connectivity index (χ1n) is 4.92. The van der Waals surface area contributed by atoms with Gasteiger partial charge in [-0.1, -0.05) is 11.6 Å². The third kappa shape index (κ3) is 2.06. The van der Waals surface area contributed by atoms with Gasteiger partial charge in [-0.05, 0) is 19.1 Å². The molecule has 0 amide bonds. The molecule has 0 bridgehead atoms. The van der Waals surface area contributed by atoms with Gasteiger partial charge < -0.3 is 10.2 Å². The largest absolute Gasteiger partial charge is 0.457 e. The second kappa shape index (κ2) is 4.13. The predicted octanol–water partition coefficient (Wildman–Crippen LogP) is 4.10. The van der Waals surface area contributed by atoms with Gasteiger partial charge in [0.2, 0.25) is 0 Å². The zero-order valence-corrected chi connectivity index (χ0v) is 9.86. The van der Waals surface area contributed by atoms with Crippen LogP contribution in [0.4, 0.5) is 17.6 Å². The fraction of sp³-hybridized carbons (Fsp3) is 0.273. The van der Waals surface area contributed by atoms with Gasteiger partial charge in [0.25, 0.3) is 0 Å². The Kier molecular flexibility index (Phi) is 3.03. The average Bonchev–Trinajstić information content (AvgIpc) is 2.54. The van der Waals surface area contributed by atoms with Gasteiger partial charge in [0.15, 0.2) is 11.6 Å². The summed E-state index contributed by atoms with van der Waals surface area (Å²) in [6, 6.07) is -0.230. The topological polar surface area (TPSA) is 39.2 Å². The van der Waals surface area contributed by atoms with E-state index in [9.17, 15) is 17.6 Å². The van der Waals surface area contributed by atoms with Crippen LogP contribution in [0.25, 0.3) is 11.0 Å². The van der Waals surface area contributed by atoms with E-state index in [0.717, 1.165) is 12.1 Å². The van der Waals surface area contributed by atoms with Gasteiger partial charge in [-0.3, -0.25) is 0 Å². The number of hydrogen-bond donors (Lipinski definition) is 1. The van der Waals surface area contributed by atoms with Crippen molar-refractivity contribution in [1.29, 1.82) is 0 Å². The summed E-state index contributed by atoms with van der Waals surface area (Å²) < 4.78 is 55.8. The van der Waals surface area contributed by atoms with Crippen LogP contribution in [-0.4, -0.2) is 6.18 Å². The molecule has 1 heterocycles. The Bertz CT molecular complexity index is 605. The molecule has 1 aromatic carbocycles. The molecule has 0 radical (unpaired) electrons. The average molecular weight is 282 g/mol. The van der Waals surface area contributed by atoms with Crippen LogP contribution in [0, 0.1) is 12.7 Å². The molecule has 0 aliphatic rings. The number of hydrogen-bond acceptors (Lipinski definition) is 2. The Morgan fingerprint density at radius 2 is 1.94 bits per heavy atom. The Hall–Kier alpha value is -1.27. The summed E-state index contributed by atoms with van der Waals surface area (Å²) in [5.41, 5.74) is 5.21. The first kappa shape index (κ1) is 13.2. The van der Waals surface area contributed by atoms with E-state index in [1.165, 1.54) is 6.92 Å². The fourth-order valence-electron chi connectivity index (χ4n) is 1.71. The quantitative estimate of drug-likeness (QED) is 0.800. The molecule has 2 aromatic rings. The van der Waals surface area contributed by atoms with Gasteiger partial charge in [-0.2, -0.15) is 13.2 Å². The Morgan fingerprint density at radius 3 is 2.50 bits per heavy atom. The zero-order valence-electron chi connectivity index (χ0n) is 9.11. The minimum atomic E-state index is -4.64. The molecule has 0 saturated carbocycles. The molecule has 2 nitrogen and oxygen atoms in total. The van der Waals surface area contributed by atoms with Gasteiger partial charge in [0, 0.05) is 10.9 Å². The monoisotopic (exact) mass is 281 g/mol. The van der Waals surface area contributed by atoms with Crippen LogP contribution < -0.4 is 5.73 Å². The van der Waals surface area contributed by atoms with Crippen molar-refractivity contribution in [1.82, 2.24) is 0 Å². The van der Waals surface area contributed by atoms with Gasteiger partial charge in [-0.25, -0.2) is 4.39 Å². The molecule has 98 valence electrons. The van der Waals surface area contributed by atoms with Crippen molar-refractivity contribution in [2.75, 3.05) is 0 Å². The maximum atomic E-state index is 13.1. The van der Waals surface area contributed by atoms with Crippen LogP contribution >= 0.6 is 11.6 Å². The summed E-state index contributed by atoms with van der Waals surface area (Å²) >= 11 is 5.71. The smallest absolute Gasteiger partial charge is 0.410 e. The molecule has 2 N–H and O–H groups in total. The SMILES string of the molecule is Cc1c(C(N)C(F)(F)F)oc2c(Cl)cc(F)cc12. The van der Waals surface area contributed by atoms with E-state index in [0.29, 0.717) is 0 Å². The van der Waals surface area contributed by atoms with Crippen LogP contribution in [0.15, 0.2) is 16.5 Å². The van der Waals surface area contributed by atoms with Crippen LogP contribution in [0.2, 0.25) is 5.02 Å². The van der Waals surface area contributed by atoms with Gasteiger partial charge >= 0.3 is 6.18 Å². The first-order valence-corrected chi connectivity index (χ1v) is 5.30. The van der Waals surface area contributed by atoms with Crippen molar-refractivity contribution in [3.8, 4) is 0 Å². The normalized spacial score (nSPS) is 14.2. The van der Waals surface area contributed by atoms with Crippen molar-refractivity contribution in [3.05, 3.63) is 34.3 Å². The molecule has 0 spiro atoms. The lowest BCUT2D eigenvalue weighted by Crippen LogP contribution is -2.28. The number of aryl methyl sites for hydroxylation is 1. The Balaban J connectivity index is 2.68. The van der Waals surface area contributed by atoms with E-state index >= 15 is 0 Å². The molecule has 0 fully saturated rings. The molecular weight excluding hydrogens is 274 g/mol. The van der Waals surface area contributed by atoms with Gasteiger partial charge in [0.05, 0.1) is 5.02 Å².